The number of nitrogens with one attached hydrogen (secondary N) is 2. The molecule has 1 atom stereocenters. The Bertz CT molecular complexity index is 1400. The lowest BCUT2D eigenvalue weighted by atomic mass is 9.95. The first-order valence-corrected chi connectivity index (χ1v) is 14.4. The van der Waals surface area contributed by atoms with Crippen LogP contribution in [0, 0.1) is 6.92 Å². The molecule has 2 N–H and O–H groups in total. The number of hydrogen-bond acceptors (Lipinski definition) is 8. The van der Waals surface area contributed by atoms with Gasteiger partial charge in [0.15, 0.2) is 6.61 Å². The fourth-order valence-electron chi connectivity index (χ4n) is 4.70. The average molecular weight is 563 g/mol. The van der Waals surface area contributed by atoms with Gasteiger partial charge in [-0.05, 0) is 55.7 Å². The molecule has 2 aliphatic heterocycles. The number of ether oxygens (including phenoxy) is 2. The number of fused-ring (bicyclic) bond motifs is 1. The van der Waals surface area contributed by atoms with Gasteiger partial charge in [0.2, 0.25) is 11.1 Å². The van der Waals surface area contributed by atoms with Crippen molar-refractivity contribution in [1.82, 2.24) is 19.7 Å². The molecule has 2 aliphatic rings. The van der Waals surface area contributed by atoms with Crippen LogP contribution in [0.4, 0.5) is 11.6 Å². The lowest BCUT2D eigenvalue weighted by Crippen LogP contribution is -2.42. The Morgan fingerprint density at radius 3 is 2.65 bits per heavy atom. The molecule has 1 saturated heterocycles. The minimum atomic E-state index is -0.506. The molecule has 0 bridgehead atoms. The summed E-state index contributed by atoms with van der Waals surface area (Å²) < 4.78 is 12.9. The Labute approximate surface area is 238 Å². The molecule has 1 unspecified atom stereocenters. The van der Waals surface area contributed by atoms with Crippen LogP contribution in [0.3, 0.4) is 0 Å². The molecule has 0 radical (unpaired) electrons. The molecule has 1 fully saturated rings. The first-order valence-electron chi connectivity index (χ1n) is 13.5. The Kier molecular flexibility index (Phi) is 8.71. The topological polar surface area (TPSA) is 111 Å². The minimum Gasteiger partial charge on any atom is -0.484 e. The average Bonchev–Trinajstić information content (AvgIpc) is 3.37. The number of carbonyl (C=O) groups excluding carboxylic acids is 2. The Morgan fingerprint density at radius 2 is 1.93 bits per heavy atom. The molecule has 3 heterocycles. The summed E-state index contributed by atoms with van der Waals surface area (Å²) in [5.41, 5.74) is 3.88. The number of carbonyl (C=O) groups is 2. The molecule has 0 saturated carbocycles. The van der Waals surface area contributed by atoms with Crippen molar-refractivity contribution in [2.45, 2.75) is 38.4 Å². The van der Waals surface area contributed by atoms with Crippen LogP contribution in [0.25, 0.3) is 0 Å². The molecule has 1 aromatic heterocycles. The summed E-state index contributed by atoms with van der Waals surface area (Å²) in [5, 5.41) is 11.8. The number of thioether (sulfide) groups is 1. The van der Waals surface area contributed by atoms with Crippen LogP contribution < -0.4 is 15.4 Å². The summed E-state index contributed by atoms with van der Waals surface area (Å²) in [5.74, 6) is 1.77. The zero-order chi connectivity index (χ0) is 28.1. The number of aromatic nitrogens is 3. The van der Waals surface area contributed by atoms with Crippen molar-refractivity contribution in [3.05, 3.63) is 70.9 Å². The highest BCUT2D eigenvalue weighted by molar-refractivity contribution is 7.99. The summed E-state index contributed by atoms with van der Waals surface area (Å²) >= 11 is 1.58. The minimum absolute atomic E-state index is 0.0406. The number of benzene rings is 2. The second-order valence-electron chi connectivity index (χ2n) is 9.75. The van der Waals surface area contributed by atoms with E-state index in [0.29, 0.717) is 54.4 Å². The maximum atomic E-state index is 13.7. The first kappa shape index (κ1) is 27.7. The molecule has 3 aromatic rings. The smallest absolute Gasteiger partial charge is 0.260 e. The van der Waals surface area contributed by atoms with E-state index in [1.165, 1.54) is 0 Å². The molecule has 2 aromatic carbocycles. The normalized spacial score (nSPS) is 16.8. The molecule has 2 amide bonds. The van der Waals surface area contributed by atoms with Crippen LogP contribution in [-0.2, 0) is 14.3 Å². The van der Waals surface area contributed by atoms with E-state index in [0.717, 1.165) is 29.0 Å². The number of rotatable bonds is 9. The van der Waals surface area contributed by atoms with E-state index < -0.39 is 6.04 Å². The van der Waals surface area contributed by atoms with Crippen molar-refractivity contribution in [2.75, 3.05) is 49.3 Å². The quantitative estimate of drug-likeness (QED) is 0.373. The standard InChI is InChI=1S/C29H34N6O4S/c1-4-16-40-29-32-28-30-20(3)25(27(37)31-22-7-5-6-19(2)17-22)26(35(28)33-29)21-8-10-23(11-9-21)39-18-24(36)34-12-14-38-15-13-34/h5-11,17,26H,4,12-16,18H2,1-3H3,(H,31,37)(H,30,32,33). The molecule has 0 spiro atoms. The summed E-state index contributed by atoms with van der Waals surface area (Å²) in [7, 11) is 0. The highest BCUT2D eigenvalue weighted by atomic mass is 32.2. The van der Waals surface area contributed by atoms with Crippen molar-refractivity contribution in [1.29, 1.82) is 0 Å². The number of morpholine rings is 1. The van der Waals surface area contributed by atoms with Crippen molar-refractivity contribution in [3.8, 4) is 5.75 Å². The van der Waals surface area contributed by atoms with Crippen LogP contribution in [0.5, 0.6) is 5.75 Å². The highest BCUT2D eigenvalue weighted by Crippen LogP contribution is 2.37. The van der Waals surface area contributed by atoms with Crippen molar-refractivity contribution in [3.63, 3.8) is 0 Å². The van der Waals surface area contributed by atoms with E-state index in [-0.39, 0.29) is 18.4 Å². The summed E-state index contributed by atoms with van der Waals surface area (Å²) in [6.45, 7) is 8.19. The van der Waals surface area contributed by atoms with Crippen molar-refractivity contribution >= 4 is 35.2 Å². The molecule has 5 rings (SSSR count). The second-order valence-corrected chi connectivity index (χ2v) is 10.8. The van der Waals surface area contributed by atoms with Gasteiger partial charge in [0.25, 0.3) is 11.8 Å². The molecular weight excluding hydrogens is 528 g/mol. The van der Waals surface area contributed by atoms with E-state index in [9.17, 15) is 9.59 Å². The number of aryl methyl sites for hydroxylation is 1. The van der Waals surface area contributed by atoms with E-state index >= 15 is 0 Å². The van der Waals surface area contributed by atoms with Gasteiger partial charge in [0.1, 0.15) is 11.8 Å². The third-order valence-electron chi connectivity index (χ3n) is 6.71. The van der Waals surface area contributed by atoms with Gasteiger partial charge in [-0.15, -0.1) is 5.10 Å². The van der Waals surface area contributed by atoms with Crippen molar-refractivity contribution < 1.29 is 19.1 Å². The summed E-state index contributed by atoms with van der Waals surface area (Å²) in [4.78, 5) is 32.6. The van der Waals surface area contributed by atoms with Crippen molar-refractivity contribution in [2.24, 2.45) is 0 Å². The Balaban J connectivity index is 1.40. The molecular formula is C29H34N6O4S. The Morgan fingerprint density at radius 1 is 1.15 bits per heavy atom. The number of hydrogen-bond donors (Lipinski definition) is 2. The number of allylic oxidation sites excluding steroid dienone is 1. The zero-order valence-corrected chi connectivity index (χ0v) is 23.8. The van der Waals surface area contributed by atoms with Gasteiger partial charge in [0.05, 0.1) is 18.8 Å². The Hall–Kier alpha value is -3.83. The lowest BCUT2D eigenvalue weighted by molar-refractivity contribution is -0.137. The van der Waals surface area contributed by atoms with E-state index in [1.54, 1.807) is 21.3 Å². The SMILES string of the molecule is CCCSc1nc2n(n1)C(c1ccc(OCC(=O)N3CCOCC3)cc1)C(C(=O)Nc1cccc(C)c1)=C(C)N2. The molecule has 0 aliphatic carbocycles. The fourth-order valence-corrected chi connectivity index (χ4v) is 5.39. The van der Waals surface area contributed by atoms with Gasteiger partial charge in [-0.2, -0.15) is 4.98 Å². The molecule has 210 valence electrons. The first-order chi connectivity index (χ1) is 19.4. The van der Waals surface area contributed by atoms with Gasteiger partial charge in [0, 0.05) is 30.2 Å². The molecule has 11 heteroatoms. The molecule has 40 heavy (non-hydrogen) atoms. The fraction of sp³-hybridized carbons (Fsp3) is 0.379. The van der Waals surface area contributed by atoms with Gasteiger partial charge >= 0.3 is 0 Å². The van der Waals surface area contributed by atoms with E-state index in [2.05, 4.69) is 22.5 Å². The summed E-state index contributed by atoms with van der Waals surface area (Å²) in [6, 6.07) is 14.6. The van der Waals surface area contributed by atoms with Gasteiger partial charge in [-0.3, -0.25) is 9.59 Å². The van der Waals surface area contributed by atoms with Crippen LogP contribution in [0.2, 0.25) is 0 Å². The maximum Gasteiger partial charge on any atom is 0.260 e. The van der Waals surface area contributed by atoms with Crippen LogP contribution in [-0.4, -0.2) is 70.1 Å². The van der Waals surface area contributed by atoms with Gasteiger partial charge in [-0.1, -0.05) is 43.0 Å². The predicted octanol–water partition coefficient (Wildman–Crippen LogP) is 4.25. The van der Waals surface area contributed by atoms with Crippen LogP contribution in [0.15, 0.2) is 65.0 Å². The summed E-state index contributed by atoms with van der Waals surface area (Å²) in [6.07, 6.45) is 1.00. The third kappa shape index (κ3) is 6.31. The van der Waals surface area contributed by atoms with Gasteiger partial charge in [-0.25, -0.2) is 4.68 Å². The monoisotopic (exact) mass is 562 g/mol. The van der Waals surface area contributed by atoms with Gasteiger partial charge < -0.3 is 25.0 Å². The predicted molar refractivity (Wildman–Crippen MR) is 155 cm³/mol. The number of anilines is 2. The van der Waals surface area contributed by atoms with E-state index in [4.69, 9.17) is 14.6 Å². The van der Waals surface area contributed by atoms with E-state index in [1.807, 2.05) is 62.4 Å². The second kappa shape index (κ2) is 12.6. The number of amides is 2. The zero-order valence-electron chi connectivity index (χ0n) is 23.0. The van der Waals surface area contributed by atoms with Crippen LogP contribution >= 0.6 is 11.8 Å². The third-order valence-corrected chi connectivity index (χ3v) is 7.75. The molecule has 10 nitrogen and oxygen atoms in total. The number of nitrogens with zero attached hydrogens (tertiary/aromatic N) is 4. The largest absolute Gasteiger partial charge is 0.484 e. The van der Waals surface area contributed by atoms with Crippen LogP contribution in [0.1, 0.15) is 37.4 Å². The maximum absolute atomic E-state index is 13.7. The lowest BCUT2D eigenvalue weighted by Gasteiger charge is -2.29. The highest BCUT2D eigenvalue weighted by Gasteiger charge is 2.34.